The molecule has 1 unspecified atom stereocenters. The summed E-state index contributed by atoms with van der Waals surface area (Å²) in [5, 5.41) is 11.8. The summed E-state index contributed by atoms with van der Waals surface area (Å²) >= 11 is 0. The molecule has 2 aliphatic rings. The fourth-order valence-corrected chi connectivity index (χ4v) is 4.94. The number of carbonyl (C=O) groups is 2. The van der Waals surface area contributed by atoms with E-state index < -0.39 is 29.4 Å². The molecule has 0 bridgehead atoms. The van der Waals surface area contributed by atoms with Crippen molar-refractivity contribution < 1.29 is 42.9 Å². The summed E-state index contributed by atoms with van der Waals surface area (Å²) in [6, 6.07) is 14.6. The van der Waals surface area contributed by atoms with Crippen molar-refractivity contribution in [3.8, 4) is 23.0 Å². The van der Waals surface area contributed by atoms with E-state index in [1.165, 1.54) is 26.4 Å². The summed E-state index contributed by atoms with van der Waals surface area (Å²) in [6.07, 6.45) is 0. The summed E-state index contributed by atoms with van der Waals surface area (Å²) in [5.74, 6) is -0.308. The predicted octanol–water partition coefficient (Wildman–Crippen LogP) is 4.39. The molecule has 40 heavy (non-hydrogen) atoms. The highest BCUT2D eigenvalue weighted by Gasteiger charge is 2.40. The molecule has 1 aliphatic carbocycles. The number of non-ortho nitro benzene ring substituents is 1. The number of rotatable bonds is 9. The zero-order chi connectivity index (χ0) is 28.4. The third-order valence-electron chi connectivity index (χ3n) is 6.63. The third-order valence-corrected chi connectivity index (χ3v) is 6.63. The molecule has 5 rings (SSSR count). The van der Waals surface area contributed by atoms with Gasteiger partial charge in [0.1, 0.15) is 11.5 Å². The van der Waals surface area contributed by atoms with Gasteiger partial charge in [0.15, 0.2) is 18.1 Å². The molecule has 11 nitrogen and oxygen atoms in total. The highest BCUT2D eigenvalue weighted by Crippen LogP contribution is 2.52. The van der Waals surface area contributed by atoms with Crippen molar-refractivity contribution in [2.75, 3.05) is 34.2 Å². The van der Waals surface area contributed by atoms with E-state index in [-0.39, 0.29) is 30.4 Å². The molecule has 1 heterocycles. The van der Waals surface area contributed by atoms with Crippen LogP contribution in [0.1, 0.15) is 35.1 Å². The number of nitro groups is 1. The summed E-state index contributed by atoms with van der Waals surface area (Å²) in [7, 11) is 2.75. The number of ether oxygens (including phenoxy) is 6. The second-order valence-electron chi connectivity index (χ2n) is 8.81. The van der Waals surface area contributed by atoms with Crippen LogP contribution < -0.4 is 18.9 Å². The maximum Gasteiger partial charge on any atom is 0.344 e. The fourth-order valence-electron chi connectivity index (χ4n) is 4.94. The molecule has 0 N–H and O–H groups in total. The maximum atomic E-state index is 13.5. The van der Waals surface area contributed by atoms with Crippen molar-refractivity contribution in [2.24, 2.45) is 0 Å². The van der Waals surface area contributed by atoms with Gasteiger partial charge < -0.3 is 28.4 Å². The highest BCUT2D eigenvalue weighted by atomic mass is 16.7. The van der Waals surface area contributed by atoms with Crippen molar-refractivity contribution in [2.45, 2.75) is 12.8 Å². The zero-order valence-corrected chi connectivity index (χ0v) is 21.9. The van der Waals surface area contributed by atoms with E-state index in [0.29, 0.717) is 45.1 Å². The molecule has 0 radical (unpaired) electrons. The topological polar surface area (TPSA) is 133 Å². The van der Waals surface area contributed by atoms with Crippen LogP contribution in [-0.4, -0.2) is 51.1 Å². The Hall–Kier alpha value is -5.06. The lowest BCUT2D eigenvalue weighted by atomic mass is 9.87. The van der Waals surface area contributed by atoms with Gasteiger partial charge in [0, 0.05) is 35.3 Å². The first-order valence-electron chi connectivity index (χ1n) is 12.3. The molecule has 0 spiro atoms. The summed E-state index contributed by atoms with van der Waals surface area (Å²) < 4.78 is 32.5. The second kappa shape index (κ2) is 11.0. The largest absolute Gasteiger partial charge is 0.497 e. The van der Waals surface area contributed by atoms with Crippen LogP contribution in [0.25, 0.3) is 5.57 Å². The van der Waals surface area contributed by atoms with Gasteiger partial charge in [0.05, 0.1) is 31.3 Å². The lowest BCUT2D eigenvalue weighted by Crippen LogP contribution is -2.17. The number of carbonyl (C=O) groups excluding carboxylic acids is 2. The van der Waals surface area contributed by atoms with E-state index in [1.807, 2.05) is 0 Å². The average molecular weight is 548 g/mol. The number of hydrogen-bond acceptors (Lipinski definition) is 10. The van der Waals surface area contributed by atoms with Crippen LogP contribution in [0.15, 0.2) is 60.2 Å². The van der Waals surface area contributed by atoms with Crippen LogP contribution in [-0.2, 0) is 19.1 Å². The SMILES string of the molecule is CCOC(=O)COc1cc(OC)ccc1C1C(C(=O)OC)=C(c2ccc3c(c2)OCO3)c2ccc([N+](=O)[O-])cc21. The number of methoxy groups -OCH3 is 2. The number of benzene rings is 3. The van der Waals surface area contributed by atoms with Crippen molar-refractivity contribution >= 4 is 23.2 Å². The quantitative estimate of drug-likeness (QED) is 0.216. The first kappa shape index (κ1) is 26.5. The lowest BCUT2D eigenvalue weighted by molar-refractivity contribution is -0.384. The Labute approximate surface area is 229 Å². The van der Waals surface area contributed by atoms with Crippen LogP contribution in [0.4, 0.5) is 5.69 Å². The third kappa shape index (κ3) is 4.77. The van der Waals surface area contributed by atoms with Crippen LogP contribution in [0.2, 0.25) is 0 Å². The number of fused-ring (bicyclic) bond motifs is 2. The number of esters is 2. The highest BCUT2D eigenvalue weighted by molar-refractivity contribution is 6.08. The van der Waals surface area contributed by atoms with Gasteiger partial charge in [-0.05, 0) is 47.9 Å². The number of hydrogen-bond donors (Lipinski definition) is 0. The minimum atomic E-state index is -0.842. The molecule has 0 aromatic heterocycles. The van der Waals surface area contributed by atoms with E-state index in [4.69, 9.17) is 28.4 Å². The molecule has 3 aromatic rings. The summed E-state index contributed by atoms with van der Waals surface area (Å²) in [5.41, 5.74) is 2.81. The second-order valence-corrected chi connectivity index (χ2v) is 8.81. The minimum absolute atomic E-state index is 0.0696. The van der Waals surface area contributed by atoms with Gasteiger partial charge in [-0.3, -0.25) is 10.1 Å². The van der Waals surface area contributed by atoms with E-state index >= 15 is 0 Å². The van der Waals surface area contributed by atoms with E-state index in [9.17, 15) is 19.7 Å². The molecule has 206 valence electrons. The van der Waals surface area contributed by atoms with E-state index in [0.717, 1.165) is 0 Å². The molecule has 0 amide bonds. The van der Waals surface area contributed by atoms with Gasteiger partial charge in [0.2, 0.25) is 6.79 Å². The fraction of sp³-hybridized carbons (Fsp3) is 0.241. The first-order chi connectivity index (χ1) is 19.4. The normalized spacial score (nSPS) is 14.9. The van der Waals surface area contributed by atoms with Gasteiger partial charge in [-0.1, -0.05) is 12.1 Å². The molecule has 0 saturated carbocycles. The monoisotopic (exact) mass is 547 g/mol. The van der Waals surface area contributed by atoms with E-state index in [1.54, 1.807) is 49.4 Å². The Bertz CT molecular complexity index is 1540. The Kier molecular flexibility index (Phi) is 7.28. The van der Waals surface area contributed by atoms with E-state index in [2.05, 4.69) is 0 Å². The Morgan fingerprint density at radius 2 is 1.80 bits per heavy atom. The maximum absolute atomic E-state index is 13.5. The average Bonchev–Trinajstić information content (AvgIpc) is 3.57. The molecule has 0 fully saturated rings. The van der Waals surface area contributed by atoms with Gasteiger partial charge in [-0.25, -0.2) is 9.59 Å². The molecular formula is C29H25NO10. The summed E-state index contributed by atoms with van der Waals surface area (Å²) in [6.45, 7) is 1.54. The molecule has 3 aromatic carbocycles. The van der Waals surface area contributed by atoms with Crippen molar-refractivity contribution in [1.29, 1.82) is 0 Å². The Balaban J connectivity index is 1.75. The van der Waals surface area contributed by atoms with Gasteiger partial charge >= 0.3 is 11.9 Å². The predicted molar refractivity (Wildman–Crippen MR) is 141 cm³/mol. The van der Waals surface area contributed by atoms with Crippen LogP contribution in [0, 0.1) is 10.1 Å². The van der Waals surface area contributed by atoms with Gasteiger partial charge in [0.25, 0.3) is 5.69 Å². The smallest absolute Gasteiger partial charge is 0.344 e. The van der Waals surface area contributed by atoms with Crippen LogP contribution >= 0.6 is 0 Å². The van der Waals surface area contributed by atoms with Crippen LogP contribution in [0.5, 0.6) is 23.0 Å². The number of nitro benzene ring substituents is 1. The van der Waals surface area contributed by atoms with Gasteiger partial charge in [-0.2, -0.15) is 0 Å². The van der Waals surface area contributed by atoms with Crippen LogP contribution in [0.3, 0.4) is 0 Å². The lowest BCUT2D eigenvalue weighted by Gasteiger charge is -2.20. The molecule has 1 aliphatic heterocycles. The Morgan fingerprint density at radius 3 is 2.52 bits per heavy atom. The van der Waals surface area contributed by atoms with Gasteiger partial charge in [-0.15, -0.1) is 0 Å². The number of nitrogens with zero attached hydrogens (tertiary/aromatic N) is 1. The zero-order valence-electron chi connectivity index (χ0n) is 21.9. The molecular weight excluding hydrogens is 522 g/mol. The standard InChI is InChI=1S/C29H25NO10/c1-4-37-25(31)14-38-23-13-18(35-2)7-9-20(23)27-21-12-17(30(33)34)6-8-19(21)26(28(27)29(32)36-3)16-5-10-22-24(11-16)40-15-39-22/h5-13,27H,4,14-15H2,1-3H3. The molecule has 11 heteroatoms. The minimum Gasteiger partial charge on any atom is -0.497 e. The first-order valence-corrected chi connectivity index (χ1v) is 12.3. The summed E-state index contributed by atoms with van der Waals surface area (Å²) in [4.78, 5) is 36.9. The van der Waals surface area contributed by atoms with Crippen molar-refractivity contribution in [1.82, 2.24) is 0 Å². The molecule has 0 saturated heterocycles. The van der Waals surface area contributed by atoms with Crippen molar-refractivity contribution in [3.05, 3.63) is 92.5 Å². The van der Waals surface area contributed by atoms with Crippen molar-refractivity contribution in [3.63, 3.8) is 0 Å². The Morgan fingerprint density at radius 1 is 1.00 bits per heavy atom. The molecule has 1 atom stereocenters.